The lowest BCUT2D eigenvalue weighted by molar-refractivity contribution is 0.0696. The van der Waals surface area contributed by atoms with E-state index in [0.29, 0.717) is 11.1 Å². The molecule has 0 amide bonds. The van der Waals surface area contributed by atoms with Crippen molar-refractivity contribution >= 4 is 17.5 Å². The number of carboxylic acid groups (broad SMARTS) is 1. The Bertz CT molecular complexity index is 787. The van der Waals surface area contributed by atoms with Crippen LogP contribution >= 0.6 is 0 Å². The summed E-state index contributed by atoms with van der Waals surface area (Å²) < 4.78 is 0. The van der Waals surface area contributed by atoms with Gasteiger partial charge in [-0.05, 0) is 31.2 Å². The van der Waals surface area contributed by atoms with Crippen LogP contribution in [0.15, 0.2) is 36.4 Å². The van der Waals surface area contributed by atoms with Crippen molar-refractivity contribution in [2.45, 2.75) is 6.92 Å². The van der Waals surface area contributed by atoms with Crippen LogP contribution in [0.4, 0.5) is 0 Å². The molecule has 0 spiro atoms. The molecule has 0 radical (unpaired) electrons. The maximum atomic E-state index is 12.4. The van der Waals surface area contributed by atoms with Gasteiger partial charge in [-0.15, -0.1) is 0 Å². The molecule has 98 valence electrons. The molecule has 20 heavy (non-hydrogen) atoms. The second-order valence-corrected chi connectivity index (χ2v) is 4.77. The zero-order chi connectivity index (χ0) is 14.4. The summed E-state index contributed by atoms with van der Waals surface area (Å²) in [7, 11) is 0. The van der Waals surface area contributed by atoms with E-state index in [1.807, 2.05) is 6.92 Å². The fourth-order valence-electron chi connectivity index (χ4n) is 2.40. The molecule has 0 saturated carbocycles. The topological polar surface area (TPSA) is 71.4 Å². The Morgan fingerprint density at radius 3 is 2.00 bits per heavy atom. The summed E-state index contributed by atoms with van der Waals surface area (Å²) in [6, 6.07) is 9.07. The first kappa shape index (κ1) is 12.3. The largest absolute Gasteiger partial charge is 0.478 e. The summed E-state index contributed by atoms with van der Waals surface area (Å²) in [5, 5.41) is 8.97. The smallest absolute Gasteiger partial charge is 0.335 e. The van der Waals surface area contributed by atoms with Gasteiger partial charge in [-0.2, -0.15) is 0 Å². The fraction of sp³-hybridized carbons (Fsp3) is 0.0625. The average molecular weight is 266 g/mol. The molecule has 0 aliphatic heterocycles. The van der Waals surface area contributed by atoms with Gasteiger partial charge in [-0.3, -0.25) is 9.59 Å². The number of aromatic carboxylic acids is 1. The van der Waals surface area contributed by atoms with Crippen molar-refractivity contribution in [1.29, 1.82) is 0 Å². The first-order valence-electron chi connectivity index (χ1n) is 6.06. The molecule has 4 heteroatoms. The number of carbonyl (C=O) groups excluding carboxylic acids is 2. The molecule has 3 rings (SSSR count). The van der Waals surface area contributed by atoms with Crippen LogP contribution in [0.1, 0.15) is 47.8 Å². The normalized spacial score (nSPS) is 12.8. The molecule has 1 N–H and O–H groups in total. The lowest BCUT2D eigenvalue weighted by Crippen LogP contribution is -2.21. The van der Waals surface area contributed by atoms with Crippen molar-refractivity contribution in [2.75, 3.05) is 0 Å². The molecular formula is C16H10O4. The third-order valence-corrected chi connectivity index (χ3v) is 3.42. The van der Waals surface area contributed by atoms with Crippen LogP contribution < -0.4 is 0 Å². The Balaban J connectivity index is 2.26. The first-order valence-corrected chi connectivity index (χ1v) is 6.06. The van der Waals surface area contributed by atoms with E-state index in [-0.39, 0.29) is 28.3 Å². The van der Waals surface area contributed by atoms with Crippen molar-refractivity contribution in [3.63, 3.8) is 0 Å². The number of carbonyl (C=O) groups is 3. The molecule has 0 fully saturated rings. The lowest BCUT2D eigenvalue weighted by atomic mass is 9.83. The Morgan fingerprint density at radius 1 is 0.850 bits per heavy atom. The minimum absolute atomic E-state index is 0.000427. The molecule has 0 aromatic heterocycles. The van der Waals surface area contributed by atoms with Gasteiger partial charge in [0.15, 0.2) is 11.6 Å². The van der Waals surface area contributed by atoms with Crippen LogP contribution in [-0.4, -0.2) is 22.6 Å². The zero-order valence-electron chi connectivity index (χ0n) is 10.6. The van der Waals surface area contributed by atoms with Crippen LogP contribution in [0.3, 0.4) is 0 Å². The first-order chi connectivity index (χ1) is 9.49. The summed E-state index contributed by atoms with van der Waals surface area (Å²) in [6.07, 6.45) is 0. The van der Waals surface area contributed by atoms with E-state index in [2.05, 4.69) is 0 Å². The van der Waals surface area contributed by atoms with E-state index in [9.17, 15) is 14.4 Å². The molecule has 0 unspecified atom stereocenters. The van der Waals surface area contributed by atoms with Gasteiger partial charge < -0.3 is 5.11 Å². The monoisotopic (exact) mass is 266 g/mol. The second-order valence-electron chi connectivity index (χ2n) is 4.77. The lowest BCUT2D eigenvalue weighted by Gasteiger charge is -2.18. The van der Waals surface area contributed by atoms with Gasteiger partial charge in [-0.25, -0.2) is 4.79 Å². The van der Waals surface area contributed by atoms with E-state index in [0.717, 1.165) is 5.56 Å². The molecular weight excluding hydrogens is 256 g/mol. The van der Waals surface area contributed by atoms with E-state index in [1.54, 1.807) is 18.2 Å². The summed E-state index contributed by atoms with van der Waals surface area (Å²) in [4.78, 5) is 35.8. The predicted molar refractivity (Wildman–Crippen MR) is 71.4 cm³/mol. The summed E-state index contributed by atoms with van der Waals surface area (Å²) >= 11 is 0. The van der Waals surface area contributed by atoms with Gasteiger partial charge in [0.05, 0.1) is 5.56 Å². The molecule has 1 aliphatic carbocycles. The number of hydrogen-bond acceptors (Lipinski definition) is 3. The molecule has 0 bridgehead atoms. The molecule has 0 heterocycles. The average Bonchev–Trinajstić information content (AvgIpc) is 2.44. The van der Waals surface area contributed by atoms with Crippen LogP contribution in [-0.2, 0) is 0 Å². The highest BCUT2D eigenvalue weighted by molar-refractivity contribution is 6.28. The number of benzene rings is 2. The van der Waals surface area contributed by atoms with E-state index >= 15 is 0 Å². The number of aryl methyl sites for hydroxylation is 1. The standard InChI is InChI=1S/C16H10O4/c1-8-2-4-10-12(6-8)14(17)11-5-3-9(16(19)20)7-13(11)15(10)18/h2-7H,1H3,(H,19,20). The highest BCUT2D eigenvalue weighted by Crippen LogP contribution is 2.28. The Hall–Kier alpha value is -2.75. The minimum Gasteiger partial charge on any atom is -0.478 e. The maximum Gasteiger partial charge on any atom is 0.335 e. The summed E-state index contributed by atoms with van der Waals surface area (Å²) in [6.45, 7) is 1.85. The van der Waals surface area contributed by atoms with Crippen molar-refractivity contribution in [1.82, 2.24) is 0 Å². The van der Waals surface area contributed by atoms with Gasteiger partial charge in [0, 0.05) is 22.3 Å². The van der Waals surface area contributed by atoms with Gasteiger partial charge in [0.2, 0.25) is 0 Å². The van der Waals surface area contributed by atoms with Crippen LogP contribution in [0.5, 0.6) is 0 Å². The van der Waals surface area contributed by atoms with Crippen LogP contribution in [0.2, 0.25) is 0 Å². The molecule has 2 aromatic carbocycles. The van der Waals surface area contributed by atoms with Crippen molar-refractivity contribution in [3.8, 4) is 0 Å². The number of ketones is 2. The molecule has 4 nitrogen and oxygen atoms in total. The van der Waals surface area contributed by atoms with E-state index in [1.165, 1.54) is 18.2 Å². The quantitative estimate of drug-likeness (QED) is 0.734. The second kappa shape index (κ2) is 4.13. The molecule has 0 atom stereocenters. The highest BCUT2D eigenvalue weighted by Gasteiger charge is 2.30. The van der Waals surface area contributed by atoms with Gasteiger partial charge in [0.25, 0.3) is 0 Å². The molecule has 1 aliphatic rings. The summed E-state index contributed by atoms with van der Waals surface area (Å²) in [5.41, 5.74) is 2.03. The van der Waals surface area contributed by atoms with Gasteiger partial charge in [-0.1, -0.05) is 17.7 Å². The fourth-order valence-corrected chi connectivity index (χ4v) is 2.40. The van der Waals surface area contributed by atoms with Gasteiger partial charge >= 0.3 is 5.97 Å². The number of hydrogen-bond donors (Lipinski definition) is 1. The zero-order valence-corrected chi connectivity index (χ0v) is 10.6. The minimum atomic E-state index is -1.12. The Labute approximate surface area is 114 Å². The Kier molecular flexibility index (Phi) is 2.54. The third-order valence-electron chi connectivity index (χ3n) is 3.42. The SMILES string of the molecule is Cc1ccc2c(c1)C(=O)c1ccc(C(=O)O)cc1C2=O. The molecule has 2 aromatic rings. The number of rotatable bonds is 1. The molecule has 0 saturated heterocycles. The van der Waals surface area contributed by atoms with Gasteiger partial charge in [0.1, 0.15) is 0 Å². The highest BCUT2D eigenvalue weighted by atomic mass is 16.4. The van der Waals surface area contributed by atoms with Crippen LogP contribution in [0, 0.1) is 6.92 Å². The number of fused-ring (bicyclic) bond motifs is 2. The predicted octanol–water partition coefficient (Wildman–Crippen LogP) is 2.47. The summed E-state index contributed by atoms with van der Waals surface area (Å²) in [5.74, 6) is -1.67. The van der Waals surface area contributed by atoms with Crippen LogP contribution in [0.25, 0.3) is 0 Å². The Morgan fingerprint density at radius 2 is 1.40 bits per heavy atom. The number of carboxylic acids is 1. The van der Waals surface area contributed by atoms with E-state index in [4.69, 9.17) is 5.11 Å². The van der Waals surface area contributed by atoms with Crippen molar-refractivity contribution in [3.05, 3.63) is 69.8 Å². The van der Waals surface area contributed by atoms with E-state index < -0.39 is 5.97 Å². The van der Waals surface area contributed by atoms with Crippen molar-refractivity contribution < 1.29 is 19.5 Å². The maximum absolute atomic E-state index is 12.4. The van der Waals surface area contributed by atoms with Crippen molar-refractivity contribution in [2.24, 2.45) is 0 Å². The third kappa shape index (κ3) is 1.66.